The van der Waals surface area contributed by atoms with Gasteiger partial charge in [-0.15, -0.1) is 0 Å². The van der Waals surface area contributed by atoms with Crippen molar-refractivity contribution < 1.29 is 13.9 Å². The zero-order valence-electron chi connectivity index (χ0n) is 12.5. The second-order valence-corrected chi connectivity index (χ2v) is 5.68. The number of rotatable bonds is 6. The molecule has 0 bridgehead atoms. The third-order valence-corrected chi connectivity index (χ3v) is 4.06. The Morgan fingerprint density at radius 3 is 2.48 bits per heavy atom. The summed E-state index contributed by atoms with van der Waals surface area (Å²) in [5, 5.41) is 13.2. The molecule has 1 atom stereocenters. The first-order valence-electron chi connectivity index (χ1n) is 7.69. The van der Waals surface area contributed by atoms with Crippen molar-refractivity contribution >= 4 is 0 Å². The fraction of sp³-hybridized carbons (Fsp3) is 0.625. The van der Waals surface area contributed by atoms with Crippen LogP contribution in [0.4, 0.5) is 8.78 Å². The Morgan fingerprint density at radius 2 is 1.90 bits per heavy atom. The van der Waals surface area contributed by atoms with Crippen LogP contribution < -0.4 is 5.32 Å². The number of piperidine rings is 1. The fourth-order valence-corrected chi connectivity index (χ4v) is 2.89. The van der Waals surface area contributed by atoms with Crippen molar-refractivity contribution in [3.63, 3.8) is 0 Å². The molecule has 1 aliphatic heterocycles. The summed E-state index contributed by atoms with van der Waals surface area (Å²) in [5.41, 5.74) is -0.242. The molecular formula is C16H24F2N2O. The van der Waals surface area contributed by atoms with Crippen LogP contribution in [0.2, 0.25) is 0 Å². The predicted octanol–water partition coefficient (Wildman–Crippen LogP) is 2.46. The first-order chi connectivity index (χ1) is 10.1. The molecule has 0 aromatic heterocycles. The lowest BCUT2D eigenvalue weighted by atomic mass is 10.0. The SMILES string of the molecule is CCCN1CCC(NC[C@@H](O)c2c(F)cccc2F)CC1. The van der Waals surface area contributed by atoms with Crippen molar-refractivity contribution in [3.05, 3.63) is 35.4 Å². The van der Waals surface area contributed by atoms with E-state index in [-0.39, 0.29) is 12.1 Å². The molecule has 0 amide bonds. The van der Waals surface area contributed by atoms with Crippen LogP contribution in [-0.4, -0.2) is 42.2 Å². The van der Waals surface area contributed by atoms with Gasteiger partial charge in [-0.2, -0.15) is 0 Å². The van der Waals surface area contributed by atoms with Gasteiger partial charge in [0.2, 0.25) is 0 Å². The summed E-state index contributed by atoms with van der Waals surface area (Å²) in [6, 6.07) is 3.95. The quantitative estimate of drug-likeness (QED) is 0.847. The highest BCUT2D eigenvalue weighted by molar-refractivity contribution is 5.22. The van der Waals surface area contributed by atoms with Gasteiger partial charge < -0.3 is 15.3 Å². The molecule has 0 unspecified atom stereocenters. The highest BCUT2D eigenvalue weighted by atomic mass is 19.1. The summed E-state index contributed by atoms with van der Waals surface area (Å²) in [7, 11) is 0. The van der Waals surface area contributed by atoms with Gasteiger partial charge in [-0.1, -0.05) is 13.0 Å². The highest BCUT2D eigenvalue weighted by Crippen LogP contribution is 2.20. The summed E-state index contributed by atoms with van der Waals surface area (Å²) in [4.78, 5) is 2.42. The lowest BCUT2D eigenvalue weighted by Crippen LogP contribution is -2.43. The summed E-state index contributed by atoms with van der Waals surface area (Å²) >= 11 is 0. The summed E-state index contributed by atoms with van der Waals surface area (Å²) in [6.45, 7) is 5.54. The van der Waals surface area contributed by atoms with Crippen molar-refractivity contribution in [2.24, 2.45) is 0 Å². The van der Waals surface area contributed by atoms with Gasteiger partial charge in [-0.25, -0.2) is 8.78 Å². The zero-order chi connectivity index (χ0) is 15.2. The van der Waals surface area contributed by atoms with Crippen molar-refractivity contribution in [3.8, 4) is 0 Å². The van der Waals surface area contributed by atoms with E-state index in [1.807, 2.05) is 0 Å². The maximum Gasteiger partial charge on any atom is 0.131 e. The maximum absolute atomic E-state index is 13.6. The Hall–Kier alpha value is -1.04. The molecule has 118 valence electrons. The van der Waals surface area contributed by atoms with Crippen LogP contribution in [0.3, 0.4) is 0 Å². The number of halogens is 2. The Balaban J connectivity index is 1.81. The normalized spacial score (nSPS) is 18.9. The molecule has 1 aromatic carbocycles. The van der Waals surface area contributed by atoms with Crippen molar-refractivity contribution in [1.29, 1.82) is 0 Å². The number of aliphatic hydroxyl groups is 1. The van der Waals surface area contributed by atoms with Gasteiger partial charge in [-0.05, 0) is 51.0 Å². The molecule has 3 nitrogen and oxygen atoms in total. The molecule has 21 heavy (non-hydrogen) atoms. The molecule has 0 saturated carbocycles. The molecule has 0 aliphatic carbocycles. The van der Waals surface area contributed by atoms with Gasteiger partial charge in [0.15, 0.2) is 0 Å². The van der Waals surface area contributed by atoms with E-state index in [4.69, 9.17) is 0 Å². The Morgan fingerprint density at radius 1 is 1.29 bits per heavy atom. The van der Waals surface area contributed by atoms with E-state index in [2.05, 4.69) is 17.1 Å². The molecular weight excluding hydrogens is 274 g/mol. The zero-order valence-corrected chi connectivity index (χ0v) is 12.5. The van der Waals surface area contributed by atoms with Crippen LogP contribution in [0, 0.1) is 11.6 Å². The van der Waals surface area contributed by atoms with Gasteiger partial charge in [0.25, 0.3) is 0 Å². The number of hydrogen-bond donors (Lipinski definition) is 2. The number of nitrogens with zero attached hydrogens (tertiary/aromatic N) is 1. The van der Waals surface area contributed by atoms with Gasteiger partial charge in [0, 0.05) is 12.6 Å². The molecule has 1 fully saturated rings. The Labute approximate surface area is 125 Å². The van der Waals surface area contributed by atoms with Gasteiger partial charge in [-0.3, -0.25) is 0 Å². The highest BCUT2D eigenvalue weighted by Gasteiger charge is 2.21. The summed E-state index contributed by atoms with van der Waals surface area (Å²) < 4.78 is 27.1. The fourth-order valence-electron chi connectivity index (χ4n) is 2.89. The van der Waals surface area contributed by atoms with E-state index in [1.54, 1.807) is 0 Å². The second-order valence-electron chi connectivity index (χ2n) is 5.68. The third kappa shape index (κ3) is 4.46. The standard InChI is InChI=1S/C16H24F2N2O/c1-2-8-20-9-6-12(7-10-20)19-11-15(21)16-13(17)4-3-5-14(16)18/h3-5,12,15,19,21H,2,6-11H2,1H3/t15-/m1/s1. The van der Waals surface area contributed by atoms with E-state index in [9.17, 15) is 13.9 Å². The minimum Gasteiger partial charge on any atom is -0.387 e. The van der Waals surface area contributed by atoms with E-state index in [0.717, 1.165) is 38.9 Å². The maximum atomic E-state index is 13.6. The van der Waals surface area contributed by atoms with Crippen LogP contribution in [0.1, 0.15) is 37.9 Å². The number of aliphatic hydroxyl groups excluding tert-OH is 1. The molecule has 1 heterocycles. The number of benzene rings is 1. The van der Waals surface area contributed by atoms with E-state index < -0.39 is 17.7 Å². The molecule has 1 aliphatic rings. The number of nitrogens with one attached hydrogen (secondary N) is 1. The molecule has 0 spiro atoms. The molecule has 5 heteroatoms. The van der Waals surface area contributed by atoms with Crippen LogP contribution in [0.5, 0.6) is 0 Å². The van der Waals surface area contributed by atoms with E-state index in [0.29, 0.717) is 6.04 Å². The molecule has 2 rings (SSSR count). The van der Waals surface area contributed by atoms with Gasteiger partial charge in [0.05, 0.1) is 11.7 Å². The monoisotopic (exact) mass is 298 g/mol. The van der Waals surface area contributed by atoms with Gasteiger partial charge >= 0.3 is 0 Å². The Kier molecular flexibility index (Phi) is 6.08. The molecule has 2 N–H and O–H groups in total. The lowest BCUT2D eigenvalue weighted by Gasteiger charge is -2.32. The van der Waals surface area contributed by atoms with Crippen LogP contribution >= 0.6 is 0 Å². The number of likely N-dealkylation sites (tertiary alicyclic amines) is 1. The predicted molar refractivity (Wildman–Crippen MR) is 79.1 cm³/mol. The second kappa shape index (κ2) is 7.82. The molecule has 1 aromatic rings. The summed E-state index contributed by atoms with van der Waals surface area (Å²) in [6.07, 6.45) is 2.02. The van der Waals surface area contributed by atoms with Crippen LogP contribution in [-0.2, 0) is 0 Å². The minimum absolute atomic E-state index is 0.177. The van der Waals surface area contributed by atoms with Crippen molar-refractivity contribution in [2.75, 3.05) is 26.2 Å². The van der Waals surface area contributed by atoms with E-state index in [1.165, 1.54) is 18.2 Å². The average Bonchev–Trinajstić information content (AvgIpc) is 2.47. The van der Waals surface area contributed by atoms with Crippen molar-refractivity contribution in [2.45, 2.75) is 38.3 Å². The largest absolute Gasteiger partial charge is 0.387 e. The first-order valence-corrected chi connectivity index (χ1v) is 7.69. The van der Waals surface area contributed by atoms with Crippen LogP contribution in [0.15, 0.2) is 18.2 Å². The average molecular weight is 298 g/mol. The topological polar surface area (TPSA) is 35.5 Å². The first kappa shape index (κ1) is 16.3. The number of hydrogen-bond acceptors (Lipinski definition) is 3. The van der Waals surface area contributed by atoms with Crippen LogP contribution in [0.25, 0.3) is 0 Å². The minimum atomic E-state index is -1.15. The molecule has 1 saturated heterocycles. The molecule has 0 radical (unpaired) electrons. The van der Waals surface area contributed by atoms with Gasteiger partial charge in [0.1, 0.15) is 11.6 Å². The van der Waals surface area contributed by atoms with E-state index >= 15 is 0 Å². The third-order valence-electron chi connectivity index (χ3n) is 4.06. The summed E-state index contributed by atoms with van der Waals surface area (Å²) in [5.74, 6) is -1.39. The smallest absolute Gasteiger partial charge is 0.131 e. The van der Waals surface area contributed by atoms with Crippen molar-refractivity contribution in [1.82, 2.24) is 10.2 Å². The Bertz CT molecular complexity index is 428. The lowest BCUT2D eigenvalue weighted by molar-refractivity contribution is 0.145.